The second-order valence-corrected chi connectivity index (χ2v) is 4.67. The van der Waals surface area contributed by atoms with Crippen molar-refractivity contribution in [3.05, 3.63) is 42.3 Å². The molecule has 17 heavy (non-hydrogen) atoms. The van der Waals surface area contributed by atoms with Crippen molar-refractivity contribution < 1.29 is 9.47 Å². The van der Waals surface area contributed by atoms with Crippen LogP contribution < -0.4 is 0 Å². The van der Waals surface area contributed by atoms with Crippen molar-refractivity contribution in [2.75, 3.05) is 0 Å². The molecule has 0 spiro atoms. The van der Waals surface area contributed by atoms with E-state index < -0.39 is 5.79 Å². The Morgan fingerprint density at radius 1 is 1.18 bits per heavy atom. The van der Waals surface area contributed by atoms with Crippen molar-refractivity contribution in [3.63, 3.8) is 0 Å². The number of ether oxygens (including phenoxy) is 2. The highest BCUT2D eigenvalue weighted by Gasteiger charge is 2.44. The lowest BCUT2D eigenvalue weighted by Crippen LogP contribution is -2.28. The summed E-state index contributed by atoms with van der Waals surface area (Å²) in [6.07, 6.45) is 1.54. The largest absolute Gasteiger partial charge is 0.344 e. The first-order valence-corrected chi connectivity index (χ1v) is 6.36. The van der Waals surface area contributed by atoms with E-state index in [0.717, 1.165) is 12.8 Å². The standard InChI is InChI=1S/C15H21O2/c1-5-15(6-2)16-12(4)14(17-15)13-10-8-7-9-11(13)3/h7-10,12,14H,4-6H2,1-3H3. The zero-order valence-electron chi connectivity index (χ0n) is 10.9. The average molecular weight is 233 g/mol. The van der Waals surface area contributed by atoms with Crippen LogP contribution in [0.15, 0.2) is 24.3 Å². The van der Waals surface area contributed by atoms with Crippen LogP contribution in [0.4, 0.5) is 0 Å². The molecule has 1 heterocycles. The van der Waals surface area contributed by atoms with E-state index in [4.69, 9.17) is 9.47 Å². The fourth-order valence-electron chi connectivity index (χ4n) is 2.43. The van der Waals surface area contributed by atoms with Gasteiger partial charge in [0.05, 0.1) is 6.10 Å². The van der Waals surface area contributed by atoms with Crippen LogP contribution >= 0.6 is 0 Å². The Balaban J connectivity index is 2.27. The van der Waals surface area contributed by atoms with Crippen LogP contribution in [0.3, 0.4) is 0 Å². The van der Waals surface area contributed by atoms with Crippen LogP contribution in [0.2, 0.25) is 0 Å². The van der Waals surface area contributed by atoms with E-state index in [0.29, 0.717) is 0 Å². The predicted molar refractivity (Wildman–Crippen MR) is 68.5 cm³/mol. The Kier molecular flexibility index (Phi) is 3.55. The molecule has 0 bridgehead atoms. The first-order chi connectivity index (χ1) is 8.12. The number of hydrogen-bond acceptors (Lipinski definition) is 2. The second kappa shape index (κ2) is 4.79. The first kappa shape index (κ1) is 12.6. The molecular formula is C15H21O2. The lowest BCUT2D eigenvalue weighted by molar-refractivity contribution is -0.177. The van der Waals surface area contributed by atoms with Crippen molar-refractivity contribution in [2.24, 2.45) is 0 Å². The fourth-order valence-corrected chi connectivity index (χ4v) is 2.43. The molecule has 1 radical (unpaired) electrons. The van der Waals surface area contributed by atoms with Crippen LogP contribution in [-0.2, 0) is 9.47 Å². The molecule has 0 amide bonds. The number of benzene rings is 1. The zero-order valence-corrected chi connectivity index (χ0v) is 10.9. The van der Waals surface area contributed by atoms with Gasteiger partial charge in [-0.25, -0.2) is 0 Å². The molecule has 93 valence electrons. The number of aryl methyl sites for hydroxylation is 1. The van der Waals surface area contributed by atoms with Gasteiger partial charge in [0.15, 0.2) is 5.79 Å². The van der Waals surface area contributed by atoms with Gasteiger partial charge in [-0.2, -0.15) is 0 Å². The highest BCUT2D eigenvalue weighted by atomic mass is 16.8. The summed E-state index contributed by atoms with van der Waals surface area (Å²) in [5, 5.41) is 0. The van der Waals surface area contributed by atoms with Crippen molar-refractivity contribution >= 4 is 0 Å². The molecule has 2 nitrogen and oxygen atoms in total. The van der Waals surface area contributed by atoms with E-state index in [9.17, 15) is 0 Å². The van der Waals surface area contributed by atoms with E-state index in [1.54, 1.807) is 0 Å². The highest BCUT2D eigenvalue weighted by Crippen LogP contribution is 2.42. The molecule has 2 rings (SSSR count). The highest BCUT2D eigenvalue weighted by molar-refractivity contribution is 5.29. The van der Waals surface area contributed by atoms with Crippen molar-refractivity contribution in [2.45, 2.75) is 51.6 Å². The quantitative estimate of drug-likeness (QED) is 0.790. The molecule has 0 N–H and O–H groups in total. The van der Waals surface area contributed by atoms with Gasteiger partial charge in [-0.05, 0) is 37.8 Å². The topological polar surface area (TPSA) is 18.5 Å². The van der Waals surface area contributed by atoms with Crippen LogP contribution in [-0.4, -0.2) is 11.9 Å². The van der Waals surface area contributed by atoms with Crippen LogP contribution in [0.1, 0.15) is 43.9 Å². The molecule has 2 unspecified atom stereocenters. The molecule has 1 aliphatic heterocycles. The van der Waals surface area contributed by atoms with Gasteiger partial charge >= 0.3 is 0 Å². The Morgan fingerprint density at radius 3 is 2.35 bits per heavy atom. The Labute approximate surface area is 104 Å². The summed E-state index contributed by atoms with van der Waals surface area (Å²) in [5.41, 5.74) is 2.43. The second-order valence-electron chi connectivity index (χ2n) is 4.67. The first-order valence-electron chi connectivity index (χ1n) is 6.36. The maximum Gasteiger partial charge on any atom is 0.169 e. The zero-order chi connectivity index (χ0) is 12.5. The minimum atomic E-state index is -0.445. The maximum atomic E-state index is 6.14. The molecule has 1 saturated heterocycles. The third kappa shape index (κ3) is 2.24. The van der Waals surface area contributed by atoms with Crippen molar-refractivity contribution in [1.82, 2.24) is 0 Å². The summed E-state index contributed by atoms with van der Waals surface area (Å²) in [6, 6.07) is 8.28. The summed E-state index contributed by atoms with van der Waals surface area (Å²) < 4.78 is 12.1. The number of rotatable bonds is 3. The Bertz CT molecular complexity index is 382. The monoisotopic (exact) mass is 233 g/mol. The molecule has 1 aromatic rings. The third-order valence-corrected chi connectivity index (χ3v) is 3.62. The summed E-state index contributed by atoms with van der Waals surface area (Å²) in [4.78, 5) is 0. The Hall–Kier alpha value is -0.860. The number of hydrogen-bond donors (Lipinski definition) is 0. The van der Waals surface area contributed by atoms with Crippen molar-refractivity contribution in [1.29, 1.82) is 0 Å². The van der Waals surface area contributed by atoms with E-state index >= 15 is 0 Å². The molecule has 1 fully saturated rings. The summed E-state index contributed by atoms with van der Waals surface area (Å²) in [7, 11) is 0. The lowest BCUT2D eigenvalue weighted by Gasteiger charge is -2.25. The predicted octanol–water partition coefficient (Wildman–Crippen LogP) is 3.80. The van der Waals surface area contributed by atoms with Crippen LogP contribution in [0, 0.1) is 13.8 Å². The normalized spacial score (nSPS) is 27.3. The molecule has 0 saturated carbocycles. The van der Waals surface area contributed by atoms with Gasteiger partial charge in [0.1, 0.15) is 6.10 Å². The van der Waals surface area contributed by atoms with Gasteiger partial charge in [-0.3, -0.25) is 0 Å². The maximum absolute atomic E-state index is 6.14. The smallest absolute Gasteiger partial charge is 0.169 e. The van der Waals surface area contributed by atoms with Crippen LogP contribution in [0.25, 0.3) is 0 Å². The molecule has 1 aromatic carbocycles. The van der Waals surface area contributed by atoms with Crippen molar-refractivity contribution in [3.8, 4) is 0 Å². The van der Waals surface area contributed by atoms with E-state index in [2.05, 4.69) is 39.8 Å². The average Bonchev–Trinajstić information content (AvgIpc) is 2.68. The molecular weight excluding hydrogens is 212 g/mol. The SMILES string of the molecule is [CH2]C1OC(CC)(CC)OC1c1ccccc1C. The van der Waals surface area contributed by atoms with Gasteiger partial charge in [-0.15, -0.1) is 0 Å². The Morgan fingerprint density at radius 2 is 1.82 bits per heavy atom. The van der Waals surface area contributed by atoms with Gasteiger partial charge in [0.25, 0.3) is 0 Å². The minimum Gasteiger partial charge on any atom is -0.344 e. The summed E-state index contributed by atoms with van der Waals surface area (Å²) in [5.74, 6) is -0.445. The van der Waals surface area contributed by atoms with E-state index in [-0.39, 0.29) is 12.2 Å². The molecule has 1 aliphatic rings. The minimum absolute atomic E-state index is 0.0453. The molecule has 2 heteroatoms. The third-order valence-electron chi connectivity index (χ3n) is 3.62. The van der Waals surface area contributed by atoms with Gasteiger partial charge in [-0.1, -0.05) is 38.1 Å². The fraction of sp³-hybridized carbons (Fsp3) is 0.533. The van der Waals surface area contributed by atoms with Crippen LogP contribution in [0.5, 0.6) is 0 Å². The van der Waals surface area contributed by atoms with E-state index in [1.165, 1.54) is 11.1 Å². The molecule has 0 aliphatic carbocycles. The lowest BCUT2D eigenvalue weighted by atomic mass is 10.0. The molecule has 2 atom stereocenters. The van der Waals surface area contributed by atoms with Gasteiger partial charge < -0.3 is 9.47 Å². The van der Waals surface area contributed by atoms with E-state index in [1.807, 2.05) is 12.1 Å². The molecule has 0 aromatic heterocycles. The van der Waals surface area contributed by atoms with Gasteiger partial charge in [0.2, 0.25) is 0 Å². The van der Waals surface area contributed by atoms with Gasteiger partial charge in [0, 0.05) is 0 Å². The summed E-state index contributed by atoms with van der Waals surface area (Å²) in [6.45, 7) is 10.4. The summed E-state index contributed by atoms with van der Waals surface area (Å²) >= 11 is 0.